The molecule has 172 valence electrons. The Kier molecular flexibility index (Phi) is 7.78. The maximum Gasteiger partial charge on any atom is 0.416 e. The van der Waals surface area contributed by atoms with Crippen molar-refractivity contribution in [2.45, 2.75) is 25.1 Å². The molecule has 2 amide bonds. The van der Waals surface area contributed by atoms with Crippen LogP contribution >= 0.6 is 0 Å². The third-order valence-corrected chi connectivity index (χ3v) is 4.96. The van der Waals surface area contributed by atoms with Gasteiger partial charge in [0.15, 0.2) is 0 Å². The maximum atomic E-state index is 12.6. The van der Waals surface area contributed by atoms with Gasteiger partial charge in [-0.1, -0.05) is 24.3 Å². The molecule has 0 aliphatic carbocycles. The van der Waals surface area contributed by atoms with E-state index in [1.54, 1.807) is 48.8 Å². The molecule has 1 unspecified atom stereocenters. The van der Waals surface area contributed by atoms with Gasteiger partial charge in [-0.25, -0.2) is 0 Å². The van der Waals surface area contributed by atoms with E-state index in [4.69, 9.17) is 5.73 Å². The summed E-state index contributed by atoms with van der Waals surface area (Å²) in [4.78, 5) is 28.4. The maximum absolute atomic E-state index is 12.6. The topological polar surface area (TPSA) is 97.1 Å². The fraction of sp³-hybridized carbons (Fsp3) is 0.208. The summed E-state index contributed by atoms with van der Waals surface area (Å²) in [6.07, 6.45) is -0.779. The van der Waals surface area contributed by atoms with Crippen LogP contribution in [0.4, 0.5) is 18.9 Å². The van der Waals surface area contributed by atoms with E-state index in [1.807, 2.05) is 0 Å². The molecule has 0 saturated carbocycles. The second-order valence-corrected chi connectivity index (χ2v) is 7.42. The SMILES string of the molecule is NC(CC(=O)NCCc1ccc(C(F)(F)F)cc1)c1ccc(C(=O)Nc2ccncc2)cc1. The molecule has 1 heterocycles. The van der Waals surface area contributed by atoms with Crippen molar-refractivity contribution in [2.24, 2.45) is 5.73 Å². The lowest BCUT2D eigenvalue weighted by Crippen LogP contribution is -2.29. The van der Waals surface area contributed by atoms with Crippen molar-refractivity contribution in [1.82, 2.24) is 10.3 Å². The molecule has 33 heavy (non-hydrogen) atoms. The van der Waals surface area contributed by atoms with Gasteiger partial charge in [-0.15, -0.1) is 0 Å². The van der Waals surface area contributed by atoms with E-state index in [1.165, 1.54) is 12.1 Å². The molecule has 0 fully saturated rings. The van der Waals surface area contributed by atoms with Crippen molar-refractivity contribution in [3.05, 3.63) is 95.3 Å². The number of alkyl halides is 3. The quantitative estimate of drug-likeness (QED) is 0.475. The molecule has 0 aliphatic heterocycles. The number of nitrogens with two attached hydrogens (primary N) is 1. The highest BCUT2D eigenvalue weighted by Crippen LogP contribution is 2.29. The van der Waals surface area contributed by atoms with Crippen LogP contribution in [0, 0.1) is 0 Å². The molecule has 3 rings (SSSR count). The van der Waals surface area contributed by atoms with E-state index in [9.17, 15) is 22.8 Å². The average Bonchev–Trinajstić information content (AvgIpc) is 2.79. The molecule has 0 spiro atoms. The van der Waals surface area contributed by atoms with Gasteiger partial charge in [0.2, 0.25) is 5.91 Å². The van der Waals surface area contributed by atoms with Crippen molar-refractivity contribution in [3.63, 3.8) is 0 Å². The minimum Gasteiger partial charge on any atom is -0.356 e. The zero-order chi connectivity index (χ0) is 23.8. The molecule has 0 radical (unpaired) electrons. The molecule has 3 aromatic rings. The molecule has 1 aromatic heterocycles. The van der Waals surface area contributed by atoms with Gasteiger partial charge in [0.1, 0.15) is 0 Å². The van der Waals surface area contributed by atoms with Crippen LogP contribution in [-0.2, 0) is 17.4 Å². The Balaban J connectivity index is 1.45. The monoisotopic (exact) mass is 456 g/mol. The summed E-state index contributed by atoms with van der Waals surface area (Å²) >= 11 is 0. The van der Waals surface area contributed by atoms with Crippen molar-refractivity contribution in [3.8, 4) is 0 Å². The zero-order valence-electron chi connectivity index (χ0n) is 17.6. The predicted molar refractivity (Wildman–Crippen MR) is 118 cm³/mol. The number of aromatic nitrogens is 1. The summed E-state index contributed by atoms with van der Waals surface area (Å²) in [7, 11) is 0. The highest BCUT2D eigenvalue weighted by molar-refractivity contribution is 6.04. The Labute approximate surface area is 189 Å². The number of nitrogens with one attached hydrogen (secondary N) is 2. The molecule has 4 N–H and O–H groups in total. The smallest absolute Gasteiger partial charge is 0.356 e. The normalized spacial score (nSPS) is 12.1. The number of hydrogen-bond acceptors (Lipinski definition) is 4. The van der Waals surface area contributed by atoms with Crippen molar-refractivity contribution in [2.75, 3.05) is 11.9 Å². The number of carbonyl (C=O) groups excluding carboxylic acids is 2. The van der Waals surface area contributed by atoms with Crippen molar-refractivity contribution >= 4 is 17.5 Å². The van der Waals surface area contributed by atoms with Gasteiger partial charge in [-0.2, -0.15) is 13.2 Å². The number of pyridine rings is 1. The molecular formula is C24H23F3N4O2. The number of amides is 2. The van der Waals surface area contributed by atoms with Crippen LogP contribution in [0.3, 0.4) is 0 Å². The Bertz CT molecular complexity index is 1070. The van der Waals surface area contributed by atoms with E-state index in [0.29, 0.717) is 28.8 Å². The van der Waals surface area contributed by atoms with E-state index < -0.39 is 17.8 Å². The number of hydrogen-bond donors (Lipinski definition) is 3. The summed E-state index contributed by atoms with van der Waals surface area (Å²) in [6.45, 7) is 0.283. The van der Waals surface area contributed by atoms with Crippen LogP contribution in [0.1, 0.15) is 39.5 Å². The standard InChI is InChI=1S/C24H23F3N4O2/c25-24(26,27)19-7-1-16(2-8-19)9-14-30-22(32)15-21(28)17-3-5-18(6-4-17)23(33)31-20-10-12-29-13-11-20/h1-8,10-13,21H,9,14-15,28H2,(H,30,32)(H,29,31,33). The summed E-state index contributed by atoms with van der Waals surface area (Å²) < 4.78 is 37.8. The van der Waals surface area contributed by atoms with Gasteiger partial charge in [0.05, 0.1) is 5.56 Å². The first-order chi connectivity index (χ1) is 15.7. The first kappa shape index (κ1) is 23.9. The van der Waals surface area contributed by atoms with E-state index in [-0.39, 0.29) is 24.8 Å². The lowest BCUT2D eigenvalue weighted by molar-refractivity contribution is -0.137. The van der Waals surface area contributed by atoms with Crippen LogP contribution in [0.5, 0.6) is 0 Å². The van der Waals surface area contributed by atoms with Crippen LogP contribution in [-0.4, -0.2) is 23.3 Å². The van der Waals surface area contributed by atoms with E-state index >= 15 is 0 Å². The van der Waals surface area contributed by atoms with Gasteiger partial charge in [0, 0.05) is 42.7 Å². The highest BCUT2D eigenvalue weighted by atomic mass is 19.4. The van der Waals surface area contributed by atoms with E-state index in [0.717, 1.165) is 12.1 Å². The van der Waals surface area contributed by atoms with Gasteiger partial charge < -0.3 is 16.4 Å². The number of carbonyl (C=O) groups is 2. The Morgan fingerprint density at radius 3 is 2.18 bits per heavy atom. The molecular weight excluding hydrogens is 433 g/mol. The van der Waals surface area contributed by atoms with Gasteiger partial charge >= 0.3 is 6.18 Å². The molecule has 9 heteroatoms. The van der Waals surface area contributed by atoms with Crippen LogP contribution in [0.2, 0.25) is 0 Å². The molecule has 6 nitrogen and oxygen atoms in total. The number of nitrogens with zero attached hydrogens (tertiary/aromatic N) is 1. The fourth-order valence-corrected chi connectivity index (χ4v) is 3.12. The Morgan fingerprint density at radius 2 is 1.58 bits per heavy atom. The number of rotatable bonds is 8. The first-order valence-corrected chi connectivity index (χ1v) is 10.2. The minimum atomic E-state index is -4.37. The minimum absolute atomic E-state index is 0.0373. The summed E-state index contributed by atoms with van der Waals surface area (Å²) in [5, 5.41) is 5.48. The van der Waals surface area contributed by atoms with E-state index in [2.05, 4.69) is 15.6 Å². The van der Waals surface area contributed by atoms with Gasteiger partial charge in [-0.05, 0) is 53.9 Å². The number of benzene rings is 2. The lowest BCUT2D eigenvalue weighted by Gasteiger charge is -2.13. The Morgan fingerprint density at radius 1 is 0.939 bits per heavy atom. The van der Waals surface area contributed by atoms with Gasteiger partial charge in [0.25, 0.3) is 5.91 Å². The van der Waals surface area contributed by atoms with Crippen molar-refractivity contribution in [1.29, 1.82) is 0 Å². The largest absolute Gasteiger partial charge is 0.416 e. The molecule has 0 aliphatic rings. The van der Waals surface area contributed by atoms with Crippen LogP contribution in [0.15, 0.2) is 73.1 Å². The lowest BCUT2D eigenvalue weighted by atomic mass is 10.0. The third kappa shape index (κ3) is 7.15. The predicted octanol–water partition coefficient (Wildman–Crippen LogP) is 4.10. The summed E-state index contributed by atoms with van der Waals surface area (Å²) in [5.41, 5.74) is 7.87. The second kappa shape index (κ2) is 10.7. The van der Waals surface area contributed by atoms with Crippen molar-refractivity contribution < 1.29 is 22.8 Å². The molecule has 2 aromatic carbocycles. The first-order valence-electron chi connectivity index (χ1n) is 10.2. The average molecular weight is 456 g/mol. The molecule has 0 bridgehead atoms. The highest BCUT2D eigenvalue weighted by Gasteiger charge is 2.29. The zero-order valence-corrected chi connectivity index (χ0v) is 17.6. The Hall–Kier alpha value is -3.72. The molecule has 1 atom stereocenters. The number of anilines is 1. The summed E-state index contributed by atoms with van der Waals surface area (Å²) in [5.74, 6) is -0.545. The second-order valence-electron chi connectivity index (χ2n) is 7.42. The summed E-state index contributed by atoms with van der Waals surface area (Å²) in [6, 6.07) is 14.3. The van der Waals surface area contributed by atoms with Crippen LogP contribution < -0.4 is 16.4 Å². The van der Waals surface area contributed by atoms with Crippen LogP contribution in [0.25, 0.3) is 0 Å². The third-order valence-electron chi connectivity index (χ3n) is 4.96. The number of halogens is 3. The molecule has 0 saturated heterocycles. The van der Waals surface area contributed by atoms with Gasteiger partial charge in [-0.3, -0.25) is 14.6 Å². The fourth-order valence-electron chi connectivity index (χ4n) is 3.12.